The Kier molecular flexibility index (Phi) is 7.08. The number of H-pyrrole nitrogens is 1. The minimum absolute atomic E-state index is 0.0281. The first-order chi connectivity index (χ1) is 17.9. The number of amides is 1. The number of hydrogen-bond donors (Lipinski definition) is 1. The van der Waals surface area contributed by atoms with Gasteiger partial charge < -0.3 is 14.6 Å². The molecule has 37 heavy (non-hydrogen) atoms. The van der Waals surface area contributed by atoms with Crippen LogP contribution in [0.1, 0.15) is 53.9 Å². The number of fused-ring (bicyclic) bond motifs is 1. The monoisotopic (exact) mass is 495 g/mol. The molecule has 0 spiro atoms. The van der Waals surface area contributed by atoms with Gasteiger partial charge in [-0.15, -0.1) is 0 Å². The normalized spacial score (nSPS) is 17.5. The van der Waals surface area contributed by atoms with E-state index in [1.54, 1.807) is 19.0 Å². The molecule has 1 N–H and O–H groups in total. The molecule has 1 amide bonds. The van der Waals surface area contributed by atoms with Crippen LogP contribution in [0.3, 0.4) is 0 Å². The van der Waals surface area contributed by atoms with E-state index >= 15 is 0 Å². The summed E-state index contributed by atoms with van der Waals surface area (Å²) in [4.78, 5) is 33.5. The molecule has 4 aromatic rings. The van der Waals surface area contributed by atoms with Crippen LogP contribution in [0.2, 0.25) is 0 Å². The van der Waals surface area contributed by atoms with Crippen LogP contribution in [0.5, 0.6) is 0 Å². The second kappa shape index (κ2) is 10.6. The highest BCUT2D eigenvalue weighted by atomic mass is 16.5. The number of benzene rings is 3. The molecular formula is C31H33N3O3. The number of nitrogens with one attached hydrogen (secondary N) is 1. The number of aromatic amines is 1. The van der Waals surface area contributed by atoms with Crippen molar-refractivity contribution in [2.75, 3.05) is 21.2 Å². The van der Waals surface area contributed by atoms with Crippen molar-refractivity contribution >= 4 is 22.9 Å². The van der Waals surface area contributed by atoms with E-state index in [9.17, 15) is 9.59 Å². The van der Waals surface area contributed by atoms with Gasteiger partial charge in [0.2, 0.25) is 0 Å². The highest BCUT2D eigenvalue weighted by Crippen LogP contribution is 2.38. The topological polar surface area (TPSA) is 75.3 Å². The number of rotatable bonds is 6. The lowest BCUT2D eigenvalue weighted by Crippen LogP contribution is -2.21. The van der Waals surface area contributed by atoms with Gasteiger partial charge in [0.05, 0.1) is 18.1 Å². The van der Waals surface area contributed by atoms with Gasteiger partial charge in [0.25, 0.3) is 5.91 Å². The Bertz CT molecular complexity index is 1400. The van der Waals surface area contributed by atoms with Crippen molar-refractivity contribution in [3.8, 4) is 22.5 Å². The van der Waals surface area contributed by atoms with Crippen LogP contribution in [0.15, 0.2) is 66.7 Å². The van der Waals surface area contributed by atoms with Crippen LogP contribution in [0, 0.1) is 5.92 Å². The molecule has 0 bridgehead atoms. The smallest absolute Gasteiger partial charge is 0.305 e. The number of methoxy groups -OCH3 is 1. The van der Waals surface area contributed by atoms with Gasteiger partial charge >= 0.3 is 5.97 Å². The predicted molar refractivity (Wildman–Crippen MR) is 146 cm³/mol. The third kappa shape index (κ3) is 5.43. The Morgan fingerprint density at radius 2 is 1.51 bits per heavy atom. The van der Waals surface area contributed by atoms with E-state index in [-0.39, 0.29) is 11.9 Å². The van der Waals surface area contributed by atoms with Crippen molar-refractivity contribution in [3.63, 3.8) is 0 Å². The maximum atomic E-state index is 12.3. The number of hydrogen-bond acceptors (Lipinski definition) is 4. The zero-order valence-corrected chi connectivity index (χ0v) is 21.7. The van der Waals surface area contributed by atoms with E-state index in [1.807, 2.05) is 18.2 Å². The molecule has 6 nitrogen and oxygen atoms in total. The SMILES string of the molecule is COC(=O)CC1CCC(c2ccc(-c3ccc(-c4nc5ccc(C(=O)N(C)C)cc5[nH]4)cc3)cc2)CC1. The summed E-state index contributed by atoms with van der Waals surface area (Å²) in [6, 6.07) is 22.9. The maximum Gasteiger partial charge on any atom is 0.305 e. The molecule has 5 rings (SSSR count). The van der Waals surface area contributed by atoms with Gasteiger partial charge in [-0.1, -0.05) is 48.5 Å². The molecule has 1 aromatic heterocycles. The first-order valence-electron chi connectivity index (χ1n) is 12.9. The van der Waals surface area contributed by atoms with E-state index in [1.165, 1.54) is 18.2 Å². The number of carbonyl (C=O) groups is 2. The van der Waals surface area contributed by atoms with Crippen molar-refractivity contribution in [1.29, 1.82) is 0 Å². The molecule has 0 radical (unpaired) electrons. The molecular weight excluding hydrogens is 462 g/mol. The van der Waals surface area contributed by atoms with Crippen LogP contribution in [0.25, 0.3) is 33.5 Å². The first-order valence-corrected chi connectivity index (χ1v) is 12.9. The number of nitrogens with zero attached hydrogens (tertiary/aromatic N) is 2. The maximum absolute atomic E-state index is 12.3. The summed E-state index contributed by atoms with van der Waals surface area (Å²) >= 11 is 0. The number of ether oxygens (including phenoxy) is 1. The van der Waals surface area contributed by atoms with Crippen molar-refractivity contribution in [3.05, 3.63) is 77.9 Å². The molecule has 190 valence electrons. The standard InChI is InChI=1S/C31H33N3O3/c1-34(2)31(36)26-16-17-27-28(19-26)33-30(32-27)25-14-12-24(13-15-25)23-10-8-22(9-11-23)21-6-4-20(5-7-21)18-29(35)37-3/h8-17,19-21H,4-7,18H2,1-3H3,(H,32,33). The largest absolute Gasteiger partial charge is 0.469 e. The average Bonchev–Trinajstić information content (AvgIpc) is 3.37. The second-order valence-electron chi connectivity index (χ2n) is 10.2. The minimum atomic E-state index is -0.0928. The number of aromatic nitrogens is 2. The molecule has 1 fully saturated rings. The first kappa shape index (κ1) is 24.8. The zero-order chi connectivity index (χ0) is 25.9. The Morgan fingerprint density at radius 1 is 0.892 bits per heavy atom. The van der Waals surface area contributed by atoms with E-state index in [2.05, 4.69) is 53.5 Å². The highest BCUT2D eigenvalue weighted by molar-refractivity contribution is 5.97. The third-order valence-electron chi connectivity index (χ3n) is 7.54. The molecule has 1 saturated carbocycles. The molecule has 1 aliphatic carbocycles. The van der Waals surface area contributed by atoms with Gasteiger partial charge in [-0.25, -0.2) is 4.98 Å². The predicted octanol–water partition coefficient (Wildman–Crippen LogP) is 6.44. The van der Waals surface area contributed by atoms with Crippen LogP contribution in [0.4, 0.5) is 0 Å². The summed E-state index contributed by atoms with van der Waals surface area (Å²) < 4.78 is 4.83. The molecule has 0 saturated heterocycles. The molecule has 0 unspecified atom stereocenters. The number of carbonyl (C=O) groups excluding carboxylic acids is 2. The molecule has 0 aliphatic heterocycles. The third-order valence-corrected chi connectivity index (χ3v) is 7.54. The quantitative estimate of drug-likeness (QED) is 0.313. The minimum Gasteiger partial charge on any atom is -0.469 e. The van der Waals surface area contributed by atoms with Gasteiger partial charge in [-0.05, 0) is 72.4 Å². The lowest BCUT2D eigenvalue weighted by Gasteiger charge is -2.28. The van der Waals surface area contributed by atoms with Crippen LogP contribution in [-0.4, -0.2) is 47.9 Å². The Hall–Kier alpha value is -3.93. The summed E-state index contributed by atoms with van der Waals surface area (Å²) in [5.41, 5.74) is 7.05. The van der Waals surface area contributed by atoms with E-state index in [0.29, 0.717) is 23.8 Å². The highest BCUT2D eigenvalue weighted by Gasteiger charge is 2.24. The molecule has 1 heterocycles. The second-order valence-corrected chi connectivity index (χ2v) is 10.2. The molecule has 3 aromatic carbocycles. The van der Waals surface area contributed by atoms with Crippen molar-refractivity contribution in [2.24, 2.45) is 5.92 Å². The van der Waals surface area contributed by atoms with Crippen molar-refractivity contribution < 1.29 is 14.3 Å². The fraction of sp³-hybridized carbons (Fsp3) is 0.323. The van der Waals surface area contributed by atoms with Gasteiger partial charge in [-0.2, -0.15) is 0 Å². The molecule has 0 atom stereocenters. The van der Waals surface area contributed by atoms with Gasteiger partial charge in [-0.3, -0.25) is 9.59 Å². The average molecular weight is 496 g/mol. The summed E-state index contributed by atoms with van der Waals surface area (Å²) in [5.74, 6) is 1.68. The summed E-state index contributed by atoms with van der Waals surface area (Å²) in [6.07, 6.45) is 4.95. The summed E-state index contributed by atoms with van der Waals surface area (Å²) in [7, 11) is 4.97. The Balaban J connectivity index is 1.25. The van der Waals surface area contributed by atoms with Gasteiger partial charge in [0.1, 0.15) is 5.82 Å². The molecule has 1 aliphatic rings. The summed E-state index contributed by atoms with van der Waals surface area (Å²) in [5, 5.41) is 0. The number of esters is 1. The van der Waals surface area contributed by atoms with Gasteiger partial charge in [0.15, 0.2) is 0 Å². The zero-order valence-electron chi connectivity index (χ0n) is 21.7. The fourth-order valence-electron chi connectivity index (χ4n) is 5.32. The van der Waals surface area contributed by atoms with Crippen LogP contribution >= 0.6 is 0 Å². The number of imidazole rings is 1. The van der Waals surface area contributed by atoms with E-state index in [0.717, 1.165) is 53.7 Å². The lowest BCUT2D eigenvalue weighted by molar-refractivity contribution is -0.142. The Labute approximate surface area is 217 Å². The summed E-state index contributed by atoms with van der Waals surface area (Å²) in [6.45, 7) is 0. The molecule has 6 heteroatoms. The van der Waals surface area contributed by atoms with Crippen molar-refractivity contribution in [2.45, 2.75) is 38.0 Å². The van der Waals surface area contributed by atoms with E-state index in [4.69, 9.17) is 9.72 Å². The van der Waals surface area contributed by atoms with Crippen LogP contribution in [-0.2, 0) is 9.53 Å². The Morgan fingerprint density at radius 3 is 2.14 bits per heavy atom. The van der Waals surface area contributed by atoms with Crippen molar-refractivity contribution in [1.82, 2.24) is 14.9 Å². The van der Waals surface area contributed by atoms with Crippen LogP contribution < -0.4 is 0 Å². The van der Waals surface area contributed by atoms with E-state index < -0.39 is 0 Å². The lowest BCUT2D eigenvalue weighted by atomic mass is 9.77. The van der Waals surface area contributed by atoms with Gasteiger partial charge in [0, 0.05) is 31.6 Å². The fourth-order valence-corrected chi connectivity index (χ4v) is 5.32.